The molecule has 2 aromatic carbocycles. The van der Waals surface area contributed by atoms with Crippen molar-refractivity contribution in [2.24, 2.45) is 5.92 Å². The number of unbranched alkanes of at least 4 members (excludes halogenated alkanes) is 2. The van der Waals surface area contributed by atoms with E-state index in [1.54, 1.807) is 0 Å². The third-order valence-electron chi connectivity index (χ3n) is 3.70. The summed E-state index contributed by atoms with van der Waals surface area (Å²) >= 11 is 0. The van der Waals surface area contributed by atoms with Crippen molar-refractivity contribution < 1.29 is 13.9 Å². The summed E-state index contributed by atoms with van der Waals surface area (Å²) in [6.07, 6.45) is 4.91. The number of para-hydroxylation sites is 2. The highest BCUT2D eigenvalue weighted by Crippen LogP contribution is 2.56. The van der Waals surface area contributed by atoms with Crippen LogP contribution in [-0.4, -0.2) is 11.1 Å². The van der Waals surface area contributed by atoms with Crippen molar-refractivity contribution in [1.29, 1.82) is 0 Å². The quantitative estimate of drug-likeness (QED) is 0.416. The van der Waals surface area contributed by atoms with Gasteiger partial charge in [-0.05, 0) is 43.0 Å². The molecule has 0 aliphatic carbocycles. The molecule has 130 valence electrons. The minimum Gasteiger partial charge on any atom is -0.278 e. The van der Waals surface area contributed by atoms with Gasteiger partial charge in [-0.3, -0.25) is 9.05 Å². The van der Waals surface area contributed by atoms with Crippen molar-refractivity contribution in [2.45, 2.75) is 39.5 Å². The molecule has 24 heavy (non-hydrogen) atoms. The van der Waals surface area contributed by atoms with E-state index in [2.05, 4.69) is 13.8 Å². The van der Waals surface area contributed by atoms with Gasteiger partial charge in [-0.15, -0.1) is 0 Å². The van der Waals surface area contributed by atoms with E-state index in [1.807, 2.05) is 60.7 Å². The Balaban J connectivity index is 1.97. The summed E-state index contributed by atoms with van der Waals surface area (Å²) < 4.78 is 11.8. The van der Waals surface area contributed by atoms with Crippen LogP contribution in [0, 0.1) is 5.92 Å². The van der Waals surface area contributed by atoms with Crippen LogP contribution in [-0.2, 0) is 0 Å². The lowest BCUT2D eigenvalue weighted by Crippen LogP contribution is -2.12. The highest BCUT2D eigenvalue weighted by atomic mass is 31.2. The third-order valence-corrected chi connectivity index (χ3v) is 5.58. The fourth-order valence-electron chi connectivity index (χ4n) is 2.44. The van der Waals surface area contributed by atoms with Crippen LogP contribution in [0.25, 0.3) is 0 Å². The summed E-state index contributed by atoms with van der Waals surface area (Å²) in [6, 6.07) is 18.8. The molecule has 0 bridgehead atoms. The highest BCUT2D eigenvalue weighted by Gasteiger charge is 2.43. The Morgan fingerprint density at radius 2 is 1.29 bits per heavy atom. The Hall–Kier alpha value is -1.57. The summed E-state index contributed by atoms with van der Waals surface area (Å²) in [7, 11) is -2.98. The molecule has 0 aromatic heterocycles. The molecule has 0 atom stereocenters. The van der Waals surface area contributed by atoms with Gasteiger partial charge in [0.15, 0.2) is 17.7 Å². The van der Waals surface area contributed by atoms with Gasteiger partial charge in [0.1, 0.15) is 0 Å². The van der Waals surface area contributed by atoms with Crippen LogP contribution < -0.4 is 9.05 Å². The summed E-state index contributed by atoms with van der Waals surface area (Å²) in [5.74, 6) is 2.01. The zero-order chi connectivity index (χ0) is 17.3. The van der Waals surface area contributed by atoms with Gasteiger partial charge in [-0.1, -0.05) is 63.1 Å². The molecule has 0 fully saturated rings. The van der Waals surface area contributed by atoms with Gasteiger partial charge in [0, 0.05) is 0 Å². The zero-order valence-electron chi connectivity index (χ0n) is 14.6. The first-order valence-electron chi connectivity index (χ1n) is 8.67. The minimum atomic E-state index is -2.98. The maximum absolute atomic E-state index is 11.0. The topological polar surface area (TPSA) is 38.7 Å². The average molecular weight is 347 g/mol. The average Bonchev–Trinajstić information content (AvgIpc) is 2.56. The number of hydrogen-bond donors (Lipinski definition) is 1. The molecule has 0 unspecified atom stereocenters. The molecule has 0 spiro atoms. The van der Waals surface area contributed by atoms with E-state index in [0.29, 0.717) is 17.7 Å². The molecule has 3 nitrogen and oxygen atoms in total. The molecule has 0 heterocycles. The van der Waals surface area contributed by atoms with Gasteiger partial charge in [0.25, 0.3) is 0 Å². The molecule has 2 rings (SSSR count). The van der Waals surface area contributed by atoms with Gasteiger partial charge < -0.3 is 0 Å². The molecule has 1 N–H and O–H groups in total. The Morgan fingerprint density at radius 1 is 0.792 bits per heavy atom. The van der Waals surface area contributed by atoms with Crippen molar-refractivity contribution >= 4 is 7.94 Å². The lowest BCUT2D eigenvalue weighted by molar-refractivity contribution is 0.344. The third kappa shape index (κ3) is 6.90. The standard InChI is InChI=1S/C20H28O3P/c1-18(2)12-6-5-11-17-24(21,22-19-13-7-3-8-14-19)23-20-15-9-4-10-16-20/h3-4,7-10,13-16,18,21H,5-6,11-12,17H2,1-2H3/q+1. The molecule has 0 aliphatic rings. The summed E-state index contributed by atoms with van der Waals surface area (Å²) in [4.78, 5) is 11.0. The molecular formula is C20H28O3P+. The van der Waals surface area contributed by atoms with Gasteiger partial charge >= 0.3 is 7.94 Å². The van der Waals surface area contributed by atoms with E-state index >= 15 is 0 Å². The molecule has 0 aliphatic heterocycles. The van der Waals surface area contributed by atoms with Crippen molar-refractivity contribution in [3.05, 3.63) is 60.7 Å². The van der Waals surface area contributed by atoms with Gasteiger partial charge in [0.2, 0.25) is 0 Å². The Kier molecular flexibility index (Phi) is 7.55. The normalized spacial score (nSPS) is 11.5. The van der Waals surface area contributed by atoms with E-state index in [-0.39, 0.29) is 0 Å². The Morgan fingerprint density at radius 3 is 1.75 bits per heavy atom. The van der Waals surface area contributed by atoms with Crippen LogP contribution in [0.3, 0.4) is 0 Å². The molecular weight excluding hydrogens is 319 g/mol. The lowest BCUT2D eigenvalue weighted by atomic mass is 10.1. The predicted octanol–water partition coefficient (Wildman–Crippen LogP) is 6.12. The van der Waals surface area contributed by atoms with E-state index < -0.39 is 7.94 Å². The zero-order valence-corrected chi connectivity index (χ0v) is 15.5. The summed E-state index contributed by atoms with van der Waals surface area (Å²) in [5.41, 5.74) is 0. The first-order valence-corrected chi connectivity index (χ1v) is 10.4. The van der Waals surface area contributed by atoms with Crippen molar-refractivity contribution in [2.75, 3.05) is 6.16 Å². The number of hydrogen-bond acceptors (Lipinski definition) is 3. The van der Waals surface area contributed by atoms with E-state index in [4.69, 9.17) is 9.05 Å². The van der Waals surface area contributed by atoms with Crippen LogP contribution in [0.4, 0.5) is 0 Å². The Labute approximate surface area is 146 Å². The monoisotopic (exact) mass is 347 g/mol. The second kappa shape index (κ2) is 9.66. The summed E-state index contributed by atoms with van der Waals surface area (Å²) in [6.45, 7) is 4.47. The highest BCUT2D eigenvalue weighted by molar-refractivity contribution is 7.61. The van der Waals surface area contributed by atoms with E-state index in [1.165, 1.54) is 12.8 Å². The largest absolute Gasteiger partial charge is 0.495 e. The Bertz CT molecular complexity index is 530. The maximum atomic E-state index is 11.0. The summed E-state index contributed by atoms with van der Waals surface area (Å²) in [5, 5.41) is 0. The van der Waals surface area contributed by atoms with Crippen molar-refractivity contribution in [1.82, 2.24) is 0 Å². The van der Waals surface area contributed by atoms with Crippen molar-refractivity contribution in [3.8, 4) is 11.5 Å². The van der Waals surface area contributed by atoms with Crippen LogP contribution in [0.1, 0.15) is 39.5 Å². The molecule has 0 amide bonds. The molecule has 0 radical (unpaired) electrons. The van der Waals surface area contributed by atoms with Gasteiger partial charge in [-0.2, -0.15) is 4.89 Å². The fourth-order valence-corrected chi connectivity index (χ4v) is 4.19. The predicted molar refractivity (Wildman–Crippen MR) is 101 cm³/mol. The number of benzene rings is 2. The minimum absolute atomic E-state index is 0.537. The van der Waals surface area contributed by atoms with Crippen molar-refractivity contribution in [3.63, 3.8) is 0 Å². The van der Waals surface area contributed by atoms with Gasteiger partial charge in [-0.25, -0.2) is 0 Å². The molecule has 2 aromatic rings. The first-order chi connectivity index (χ1) is 11.6. The second-order valence-electron chi connectivity index (χ2n) is 6.41. The number of rotatable bonds is 10. The van der Waals surface area contributed by atoms with E-state index in [0.717, 1.165) is 18.8 Å². The van der Waals surface area contributed by atoms with Crippen LogP contribution >= 0.6 is 7.94 Å². The van der Waals surface area contributed by atoms with Crippen LogP contribution in [0.15, 0.2) is 60.7 Å². The van der Waals surface area contributed by atoms with Gasteiger partial charge in [0.05, 0.1) is 0 Å². The maximum Gasteiger partial charge on any atom is 0.495 e. The molecule has 0 saturated carbocycles. The smallest absolute Gasteiger partial charge is 0.278 e. The SMILES string of the molecule is CC(C)CCCCC[P+](O)(Oc1ccccc1)Oc1ccccc1. The van der Waals surface area contributed by atoms with E-state index in [9.17, 15) is 4.89 Å². The van der Waals surface area contributed by atoms with Crippen LogP contribution in [0.2, 0.25) is 0 Å². The molecule has 4 heteroatoms. The van der Waals surface area contributed by atoms with Crippen LogP contribution in [0.5, 0.6) is 11.5 Å². The fraction of sp³-hybridized carbons (Fsp3) is 0.400. The lowest BCUT2D eigenvalue weighted by Gasteiger charge is -2.18. The second-order valence-corrected chi connectivity index (χ2v) is 8.50. The molecule has 0 saturated heterocycles. The first kappa shape index (κ1) is 18.8.